The molecule has 0 aliphatic heterocycles. The molecule has 0 fully saturated rings. The van der Waals surface area contributed by atoms with Crippen molar-refractivity contribution < 1.29 is 13.2 Å². The van der Waals surface area contributed by atoms with Crippen LogP contribution in [0.15, 0.2) is 29.1 Å². The van der Waals surface area contributed by atoms with Crippen molar-refractivity contribution in [2.75, 3.05) is 23.8 Å². The maximum Gasteiger partial charge on any atom is 0.168 e. The van der Waals surface area contributed by atoms with Crippen LogP contribution < -0.4 is 10.2 Å². The molecule has 102 valence electrons. The molecule has 0 spiro atoms. The zero-order valence-electron chi connectivity index (χ0n) is 10.8. The monoisotopic (exact) mass is 267 g/mol. The molecule has 0 aliphatic carbocycles. The normalized spacial score (nSPS) is 10.5. The number of pyridine rings is 1. The van der Waals surface area contributed by atoms with Gasteiger partial charge >= 0.3 is 0 Å². The Balaban J connectivity index is 2.25. The molecule has 0 unspecified atom stereocenters. The van der Waals surface area contributed by atoms with E-state index >= 15 is 0 Å². The van der Waals surface area contributed by atoms with E-state index in [1.54, 1.807) is 30.5 Å². The molecule has 6 heteroatoms. The zero-order valence-corrected chi connectivity index (χ0v) is 10.8. The van der Waals surface area contributed by atoms with Crippen molar-refractivity contribution in [1.29, 1.82) is 0 Å². The van der Waals surface area contributed by atoms with Crippen LogP contribution in [0, 0.1) is 11.6 Å². The maximum atomic E-state index is 13.8. The SMILES string of the molecule is CCNc1nc(N(C)Cc2ccoc2)c(F)cc1F. The molecule has 2 aromatic rings. The van der Waals surface area contributed by atoms with Crippen molar-refractivity contribution in [3.05, 3.63) is 41.9 Å². The van der Waals surface area contributed by atoms with Crippen LogP contribution in [0.2, 0.25) is 0 Å². The largest absolute Gasteiger partial charge is 0.472 e. The lowest BCUT2D eigenvalue weighted by molar-refractivity contribution is 0.561. The Bertz CT molecular complexity index is 543. The van der Waals surface area contributed by atoms with Crippen LogP contribution in [0.1, 0.15) is 12.5 Å². The van der Waals surface area contributed by atoms with Gasteiger partial charge in [0.15, 0.2) is 23.3 Å². The van der Waals surface area contributed by atoms with E-state index in [0.717, 1.165) is 11.6 Å². The van der Waals surface area contributed by atoms with Gasteiger partial charge in [0.1, 0.15) is 0 Å². The van der Waals surface area contributed by atoms with Crippen LogP contribution >= 0.6 is 0 Å². The first-order chi connectivity index (χ1) is 9.11. The van der Waals surface area contributed by atoms with Crippen LogP contribution in [0.5, 0.6) is 0 Å². The number of halogens is 2. The molecular formula is C13H15F2N3O. The Hall–Kier alpha value is -2.11. The summed E-state index contributed by atoms with van der Waals surface area (Å²) in [6, 6.07) is 2.62. The van der Waals surface area contributed by atoms with E-state index < -0.39 is 11.6 Å². The maximum absolute atomic E-state index is 13.8. The second-order valence-electron chi connectivity index (χ2n) is 4.14. The lowest BCUT2D eigenvalue weighted by Crippen LogP contribution is -2.20. The lowest BCUT2D eigenvalue weighted by atomic mass is 10.3. The molecule has 0 amide bonds. The minimum Gasteiger partial charge on any atom is -0.472 e. The average molecular weight is 267 g/mol. The van der Waals surface area contributed by atoms with Crippen LogP contribution in [0.25, 0.3) is 0 Å². The van der Waals surface area contributed by atoms with Gasteiger partial charge < -0.3 is 14.6 Å². The van der Waals surface area contributed by atoms with Gasteiger partial charge in [0.25, 0.3) is 0 Å². The van der Waals surface area contributed by atoms with Crippen molar-refractivity contribution in [2.45, 2.75) is 13.5 Å². The highest BCUT2D eigenvalue weighted by molar-refractivity contribution is 5.49. The number of hydrogen-bond donors (Lipinski definition) is 1. The van der Waals surface area contributed by atoms with Gasteiger partial charge in [-0.1, -0.05) is 0 Å². The third kappa shape index (κ3) is 3.01. The quantitative estimate of drug-likeness (QED) is 0.904. The minimum absolute atomic E-state index is 0.0537. The summed E-state index contributed by atoms with van der Waals surface area (Å²) in [6.07, 6.45) is 3.12. The highest BCUT2D eigenvalue weighted by Gasteiger charge is 2.15. The molecule has 4 nitrogen and oxygen atoms in total. The lowest BCUT2D eigenvalue weighted by Gasteiger charge is -2.19. The predicted octanol–water partition coefficient (Wildman–Crippen LogP) is 3.02. The standard InChI is InChI=1S/C13H15F2N3O/c1-3-16-12-10(14)6-11(15)13(17-12)18(2)7-9-4-5-19-8-9/h4-6,8H,3,7H2,1-2H3,(H,16,17). The Morgan fingerprint density at radius 1 is 1.37 bits per heavy atom. The second kappa shape index (κ2) is 5.69. The van der Waals surface area contributed by atoms with Gasteiger partial charge in [-0.05, 0) is 13.0 Å². The van der Waals surface area contributed by atoms with Gasteiger partial charge in [0, 0.05) is 31.8 Å². The summed E-state index contributed by atoms with van der Waals surface area (Å²) in [5.41, 5.74) is 0.887. The molecule has 19 heavy (non-hydrogen) atoms. The van der Waals surface area contributed by atoms with Gasteiger partial charge in [0.2, 0.25) is 0 Å². The molecular weight excluding hydrogens is 252 g/mol. The second-order valence-corrected chi connectivity index (χ2v) is 4.14. The van der Waals surface area contributed by atoms with Gasteiger partial charge in [-0.25, -0.2) is 13.8 Å². The number of nitrogens with one attached hydrogen (secondary N) is 1. The van der Waals surface area contributed by atoms with E-state index in [1.165, 1.54) is 0 Å². The van der Waals surface area contributed by atoms with E-state index in [0.29, 0.717) is 13.1 Å². The Labute approximate surface area is 110 Å². The van der Waals surface area contributed by atoms with Crippen molar-refractivity contribution in [3.8, 4) is 0 Å². The fourth-order valence-electron chi connectivity index (χ4n) is 1.75. The number of aromatic nitrogens is 1. The van der Waals surface area contributed by atoms with E-state index in [4.69, 9.17) is 4.42 Å². The summed E-state index contributed by atoms with van der Waals surface area (Å²) >= 11 is 0. The molecule has 0 radical (unpaired) electrons. The summed E-state index contributed by atoms with van der Waals surface area (Å²) in [4.78, 5) is 5.57. The number of furan rings is 1. The van der Waals surface area contributed by atoms with Crippen LogP contribution in [0.3, 0.4) is 0 Å². The fraction of sp³-hybridized carbons (Fsp3) is 0.308. The highest BCUT2D eigenvalue weighted by atomic mass is 19.1. The van der Waals surface area contributed by atoms with Crippen molar-refractivity contribution in [1.82, 2.24) is 4.98 Å². The molecule has 2 rings (SSSR count). The first-order valence-electron chi connectivity index (χ1n) is 5.94. The number of hydrogen-bond acceptors (Lipinski definition) is 4. The molecule has 0 bridgehead atoms. The summed E-state index contributed by atoms with van der Waals surface area (Å²) in [7, 11) is 1.69. The van der Waals surface area contributed by atoms with Crippen molar-refractivity contribution in [2.24, 2.45) is 0 Å². The number of anilines is 2. The minimum atomic E-state index is -0.695. The first-order valence-corrected chi connectivity index (χ1v) is 5.94. The smallest absolute Gasteiger partial charge is 0.168 e. The third-order valence-electron chi connectivity index (χ3n) is 2.62. The van der Waals surface area contributed by atoms with E-state index in [1.807, 2.05) is 6.92 Å². The summed E-state index contributed by atoms with van der Waals surface area (Å²) in [6.45, 7) is 2.76. The van der Waals surface area contributed by atoms with E-state index in [9.17, 15) is 8.78 Å². The summed E-state index contributed by atoms with van der Waals surface area (Å²) in [5.74, 6) is -1.23. The number of nitrogens with zero attached hydrogens (tertiary/aromatic N) is 2. The number of rotatable bonds is 5. The van der Waals surface area contributed by atoms with Gasteiger partial charge in [-0.3, -0.25) is 0 Å². The molecule has 1 N–H and O–H groups in total. The van der Waals surface area contributed by atoms with Crippen molar-refractivity contribution in [3.63, 3.8) is 0 Å². The predicted molar refractivity (Wildman–Crippen MR) is 69.1 cm³/mol. The molecule has 2 heterocycles. The van der Waals surface area contributed by atoms with Crippen LogP contribution in [0.4, 0.5) is 20.4 Å². The Morgan fingerprint density at radius 2 is 2.16 bits per heavy atom. The Kier molecular flexibility index (Phi) is 3.99. The van der Waals surface area contributed by atoms with Crippen molar-refractivity contribution >= 4 is 11.6 Å². The van der Waals surface area contributed by atoms with Crippen LogP contribution in [-0.4, -0.2) is 18.6 Å². The van der Waals surface area contributed by atoms with Gasteiger partial charge in [-0.15, -0.1) is 0 Å². The zero-order chi connectivity index (χ0) is 13.8. The summed E-state index contributed by atoms with van der Waals surface area (Å²) < 4.78 is 32.2. The van der Waals surface area contributed by atoms with Gasteiger partial charge in [-0.2, -0.15) is 0 Å². The van der Waals surface area contributed by atoms with Crippen LogP contribution in [-0.2, 0) is 6.54 Å². The molecule has 0 aromatic carbocycles. The molecule has 0 atom stereocenters. The molecule has 0 saturated heterocycles. The highest BCUT2D eigenvalue weighted by Crippen LogP contribution is 2.22. The first kappa shape index (κ1) is 13.3. The van der Waals surface area contributed by atoms with E-state index in [2.05, 4.69) is 10.3 Å². The topological polar surface area (TPSA) is 41.3 Å². The average Bonchev–Trinajstić information content (AvgIpc) is 2.85. The Morgan fingerprint density at radius 3 is 2.79 bits per heavy atom. The summed E-state index contributed by atoms with van der Waals surface area (Å²) in [5, 5.41) is 2.76. The molecule has 0 aliphatic rings. The fourth-order valence-corrected chi connectivity index (χ4v) is 1.75. The molecule has 0 saturated carbocycles. The third-order valence-corrected chi connectivity index (χ3v) is 2.62. The van der Waals surface area contributed by atoms with E-state index in [-0.39, 0.29) is 11.6 Å². The molecule has 2 aromatic heterocycles. The van der Waals surface area contributed by atoms with Gasteiger partial charge in [0.05, 0.1) is 12.5 Å².